The second-order valence-corrected chi connectivity index (χ2v) is 4.13. The molecule has 0 spiro atoms. The van der Waals surface area contributed by atoms with Gasteiger partial charge in [0.15, 0.2) is 0 Å². The number of rotatable bonds is 4. The van der Waals surface area contributed by atoms with E-state index in [1.165, 1.54) is 0 Å². The largest absolute Gasteiger partial charge is 0.466 e. The average molecular weight is 299 g/mol. The molecule has 0 saturated heterocycles. The van der Waals surface area contributed by atoms with Crippen molar-refractivity contribution in [2.24, 2.45) is 5.73 Å². The van der Waals surface area contributed by atoms with Crippen LogP contribution in [0.15, 0.2) is 18.2 Å². The molecule has 0 unspecified atom stereocenters. The molecular formula is C11H14Cl3NO2. The van der Waals surface area contributed by atoms with E-state index in [0.29, 0.717) is 22.2 Å². The molecule has 0 aromatic heterocycles. The van der Waals surface area contributed by atoms with Crippen LogP contribution in [-0.2, 0) is 9.53 Å². The van der Waals surface area contributed by atoms with Crippen LogP contribution in [0.3, 0.4) is 0 Å². The van der Waals surface area contributed by atoms with Crippen LogP contribution >= 0.6 is 35.6 Å². The van der Waals surface area contributed by atoms with E-state index in [1.54, 1.807) is 25.1 Å². The summed E-state index contributed by atoms with van der Waals surface area (Å²) in [5, 5.41) is 1.04. The highest BCUT2D eigenvalue weighted by atomic mass is 35.5. The van der Waals surface area contributed by atoms with Crippen molar-refractivity contribution < 1.29 is 9.53 Å². The van der Waals surface area contributed by atoms with E-state index in [9.17, 15) is 4.79 Å². The Morgan fingerprint density at radius 3 is 2.71 bits per heavy atom. The Hall–Kier alpha value is -0.480. The Morgan fingerprint density at radius 2 is 2.12 bits per heavy atom. The summed E-state index contributed by atoms with van der Waals surface area (Å²) in [7, 11) is 0. The molecule has 0 radical (unpaired) electrons. The molecule has 0 amide bonds. The molecule has 96 valence electrons. The topological polar surface area (TPSA) is 52.3 Å². The van der Waals surface area contributed by atoms with E-state index < -0.39 is 6.04 Å². The third-order valence-electron chi connectivity index (χ3n) is 2.05. The number of nitrogens with two attached hydrogens (primary N) is 1. The predicted molar refractivity (Wildman–Crippen MR) is 71.9 cm³/mol. The molecule has 0 heterocycles. The Bertz CT molecular complexity index is 385. The maximum atomic E-state index is 11.2. The average Bonchev–Trinajstić information content (AvgIpc) is 2.21. The van der Waals surface area contributed by atoms with E-state index in [4.69, 9.17) is 33.7 Å². The molecular weight excluding hydrogens is 284 g/mol. The fourth-order valence-electron chi connectivity index (χ4n) is 1.31. The van der Waals surface area contributed by atoms with Gasteiger partial charge in [0.2, 0.25) is 0 Å². The monoisotopic (exact) mass is 297 g/mol. The highest BCUT2D eigenvalue weighted by molar-refractivity contribution is 6.33. The van der Waals surface area contributed by atoms with Crippen LogP contribution in [0.5, 0.6) is 0 Å². The molecule has 1 rings (SSSR count). The molecule has 2 N–H and O–H groups in total. The van der Waals surface area contributed by atoms with Gasteiger partial charge < -0.3 is 10.5 Å². The molecule has 3 nitrogen and oxygen atoms in total. The summed E-state index contributed by atoms with van der Waals surface area (Å²) in [6, 6.07) is 4.49. The van der Waals surface area contributed by atoms with Gasteiger partial charge in [0.25, 0.3) is 0 Å². The fraction of sp³-hybridized carbons (Fsp3) is 0.364. The first-order chi connectivity index (χ1) is 7.54. The van der Waals surface area contributed by atoms with Gasteiger partial charge in [-0.1, -0.05) is 23.2 Å². The first-order valence-electron chi connectivity index (χ1n) is 4.90. The van der Waals surface area contributed by atoms with Gasteiger partial charge in [0.05, 0.1) is 13.0 Å². The molecule has 0 aliphatic carbocycles. The van der Waals surface area contributed by atoms with Crippen molar-refractivity contribution >= 4 is 41.6 Å². The van der Waals surface area contributed by atoms with Crippen molar-refractivity contribution in [1.82, 2.24) is 0 Å². The standard InChI is InChI=1S/C11H13Cl2NO2.ClH/c1-2-16-11(15)6-10(14)8-5-7(12)3-4-9(8)13;/h3-5,10H,2,6,14H2,1H3;1H/t10-;/m1./s1. The fourth-order valence-corrected chi connectivity index (χ4v) is 1.75. The number of ether oxygens (including phenoxy) is 1. The lowest BCUT2D eigenvalue weighted by atomic mass is 10.0. The van der Waals surface area contributed by atoms with E-state index >= 15 is 0 Å². The third kappa shape index (κ3) is 5.13. The number of benzene rings is 1. The zero-order valence-electron chi connectivity index (χ0n) is 9.28. The van der Waals surface area contributed by atoms with E-state index in [-0.39, 0.29) is 24.8 Å². The number of hydrogen-bond acceptors (Lipinski definition) is 3. The minimum absolute atomic E-state index is 0. The lowest BCUT2D eigenvalue weighted by Crippen LogP contribution is -2.17. The molecule has 17 heavy (non-hydrogen) atoms. The Morgan fingerprint density at radius 1 is 1.47 bits per heavy atom. The first-order valence-corrected chi connectivity index (χ1v) is 5.66. The second kappa shape index (κ2) is 7.77. The summed E-state index contributed by atoms with van der Waals surface area (Å²) >= 11 is 11.8. The smallest absolute Gasteiger partial charge is 0.307 e. The summed E-state index contributed by atoms with van der Waals surface area (Å²) in [6.07, 6.45) is 0.0912. The van der Waals surface area contributed by atoms with Gasteiger partial charge >= 0.3 is 5.97 Å². The Labute approximate surface area is 117 Å². The lowest BCUT2D eigenvalue weighted by Gasteiger charge is -2.13. The highest BCUT2D eigenvalue weighted by Crippen LogP contribution is 2.26. The van der Waals surface area contributed by atoms with Gasteiger partial charge in [0, 0.05) is 16.1 Å². The van der Waals surface area contributed by atoms with Gasteiger partial charge in [-0.15, -0.1) is 12.4 Å². The summed E-state index contributed by atoms with van der Waals surface area (Å²) in [5.41, 5.74) is 6.51. The SMILES string of the molecule is CCOC(=O)C[C@@H](N)c1cc(Cl)ccc1Cl.Cl. The zero-order chi connectivity index (χ0) is 12.1. The molecule has 0 aliphatic heterocycles. The summed E-state index contributed by atoms with van der Waals surface area (Å²) in [4.78, 5) is 11.2. The van der Waals surface area contributed by atoms with Crippen molar-refractivity contribution in [3.63, 3.8) is 0 Å². The Kier molecular flexibility index (Phi) is 7.55. The summed E-state index contributed by atoms with van der Waals surface area (Å²) in [5.74, 6) is -0.342. The predicted octanol–water partition coefficient (Wildman–Crippen LogP) is 3.37. The van der Waals surface area contributed by atoms with Crippen LogP contribution < -0.4 is 5.73 Å². The quantitative estimate of drug-likeness (QED) is 0.867. The molecule has 0 fully saturated rings. The number of esters is 1. The van der Waals surface area contributed by atoms with Gasteiger partial charge in [-0.05, 0) is 30.7 Å². The molecule has 0 bridgehead atoms. The molecule has 6 heteroatoms. The Balaban J connectivity index is 0.00000256. The highest BCUT2D eigenvalue weighted by Gasteiger charge is 2.15. The van der Waals surface area contributed by atoms with Crippen molar-refractivity contribution in [3.05, 3.63) is 33.8 Å². The molecule has 1 atom stereocenters. The molecule has 1 aromatic carbocycles. The van der Waals surface area contributed by atoms with Gasteiger partial charge in [-0.25, -0.2) is 0 Å². The van der Waals surface area contributed by atoms with E-state index in [1.807, 2.05) is 0 Å². The molecule has 0 aliphatic rings. The molecule has 0 saturated carbocycles. The van der Waals surface area contributed by atoms with Crippen molar-refractivity contribution in [2.75, 3.05) is 6.61 Å². The minimum Gasteiger partial charge on any atom is -0.466 e. The minimum atomic E-state index is -0.495. The van der Waals surface area contributed by atoms with Crippen LogP contribution in [-0.4, -0.2) is 12.6 Å². The summed E-state index contributed by atoms with van der Waals surface area (Å²) in [6.45, 7) is 2.09. The van der Waals surface area contributed by atoms with Crippen molar-refractivity contribution in [1.29, 1.82) is 0 Å². The number of carbonyl (C=O) groups excluding carboxylic acids is 1. The van der Waals surface area contributed by atoms with Crippen LogP contribution in [0.4, 0.5) is 0 Å². The first kappa shape index (κ1) is 16.5. The zero-order valence-corrected chi connectivity index (χ0v) is 11.6. The van der Waals surface area contributed by atoms with Crippen molar-refractivity contribution in [3.8, 4) is 0 Å². The number of carbonyl (C=O) groups is 1. The third-order valence-corrected chi connectivity index (χ3v) is 2.63. The summed E-state index contributed by atoms with van der Waals surface area (Å²) < 4.78 is 4.81. The van der Waals surface area contributed by atoms with E-state index in [2.05, 4.69) is 0 Å². The van der Waals surface area contributed by atoms with Crippen LogP contribution in [0, 0.1) is 0 Å². The van der Waals surface area contributed by atoms with Crippen molar-refractivity contribution in [2.45, 2.75) is 19.4 Å². The van der Waals surface area contributed by atoms with E-state index in [0.717, 1.165) is 0 Å². The van der Waals surface area contributed by atoms with Crippen LogP contribution in [0.2, 0.25) is 10.0 Å². The normalized spacial score (nSPS) is 11.5. The maximum absolute atomic E-state index is 11.2. The van der Waals surface area contributed by atoms with Gasteiger partial charge in [-0.3, -0.25) is 4.79 Å². The number of hydrogen-bond donors (Lipinski definition) is 1. The molecule has 1 aromatic rings. The van der Waals surface area contributed by atoms with Gasteiger partial charge in [-0.2, -0.15) is 0 Å². The van der Waals surface area contributed by atoms with Crippen LogP contribution in [0.25, 0.3) is 0 Å². The number of halogens is 3. The lowest BCUT2D eigenvalue weighted by molar-refractivity contribution is -0.143. The van der Waals surface area contributed by atoms with Crippen LogP contribution in [0.1, 0.15) is 24.9 Å². The van der Waals surface area contributed by atoms with Gasteiger partial charge in [0.1, 0.15) is 0 Å². The maximum Gasteiger partial charge on any atom is 0.307 e. The second-order valence-electron chi connectivity index (χ2n) is 3.28.